The van der Waals surface area contributed by atoms with E-state index in [2.05, 4.69) is 5.32 Å². The van der Waals surface area contributed by atoms with Crippen molar-refractivity contribution in [2.75, 3.05) is 11.9 Å². The van der Waals surface area contributed by atoms with Gasteiger partial charge in [0, 0.05) is 11.6 Å². The van der Waals surface area contributed by atoms with Crippen molar-refractivity contribution in [3.63, 3.8) is 0 Å². The summed E-state index contributed by atoms with van der Waals surface area (Å²) in [6.45, 7) is -0.349. The number of carbonyl (C=O) groups excluding carboxylic acids is 2. The molecule has 1 aliphatic rings. The lowest BCUT2D eigenvalue weighted by Crippen LogP contribution is -2.30. The van der Waals surface area contributed by atoms with Gasteiger partial charge in [-0.1, -0.05) is 31.0 Å². The number of hydrogen-bond donors (Lipinski definition) is 1. The van der Waals surface area contributed by atoms with Gasteiger partial charge in [0.05, 0.1) is 32.8 Å². The predicted molar refractivity (Wildman–Crippen MR) is 115 cm³/mol. The molecule has 0 spiro atoms. The Morgan fingerprint density at radius 1 is 1.17 bits per heavy atom. The molecular weight excluding hydrogens is 398 g/mol. The largest absolute Gasteiger partial charge is 0.455 e. The van der Waals surface area contributed by atoms with Crippen molar-refractivity contribution < 1.29 is 14.3 Å². The minimum atomic E-state index is -0.425. The Bertz CT molecular complexity index is 1090. The lowest BCUT2D eigenvalue weighted by Gasteiger charge is -2.28. The second-order valence-electron chi connectivity index (χ2n) is 7.37. The minimum Gasteiger partial charge on any atom is -0.455 e. The van der Waals surface area contributed by atoms with E-state index in [4.69, 9.17) is 15.0 Å². The summed E-state index contributed by atoms with van der Waals surface area (Å²) >= 11 is 1.63. The van der Waals surface area contributed by atoms with E-state index in [0.29, 0.717) is 11.3 Å². The van der Waals surface area contributed by atoms with Gasteiger partial charge in [0.2, 0.25) is 0 Å². The first-order chi connectivity index (χ1) is 14.6. The Balaban J connectivity index is 1.39. The first-order valence-electron chi connectivity index (χ1n) is 9.96. The average molecular weight is 420 g/mol. The number of carbonyl (C=O) groups is 2. The molecule has 0 unspecified atom stereocenters. The van der Waals surface area contributed by atoms with Crippen LogP contribution in [0.1, 0.15) is 42.2 Å². The van der Waals surface area contributed by atoms with Crippen LogP contribution in [0.25, 0.3) is 10.2 Å². The van der Waals surface area contributed by atoms with Crippen molar-refractivity contribution >= 4 is 39.1 Å². The summed E-state index contributed by atoms with van der Waals surface area (Å²) in [7, 11) is 0. The number of anilines is 1. The first kappa shape index (κ1) is 20.0. The molecule has 1 fully saturated rings. The predicted octanol–water partition coefficient (Wildman–Crippen LogP) is 4.62. The summed E-state index contributed by atoms with van der Waals surface area (Å²) in [5.41, 5.74) is 1.90. The highest BCUT2D eigenvalue weighted by Crippen LogP contribution is 2.41. The number of nitriles is 1. The number of ether oxygens (including phenoxy) is 1. The summed E-state index contributed by atoms with van der Waals surface area (Å²) < 4.78 is 6.47. The molecule has 2 atom stereocenters. The molecule has 1 aromatic heterocycles. The Hall–Kier alpha value is -3.24. The summed E-state index contributed by atoms with van der Waals surface area (Å²) in [5.74, 6) is -1.03. The van der Waals surface area contributed by atoms with Crippen LogP contribution in [0.5, 0.6) is 0 Å². The van der Waals surface area contributed by atoms with Gasteiger partial charge in [0.15, 0.2) is 6.61 Å². The molecule has 7 heteroatoms. The fourth-order valence-corrected chi connectivity index (χ4v) is 5.03. The van der Waals surface area contributed by atoms with E-state index < -0.39 is 5.91 Å². The van der Waals surface area contributed by atoms with Gasteiger partial charge in [-0.05, 0) is 43.2 Å². The molecule has 0 radical (unpaired) electrons. The molecule has 1 heterocycles. The van der Waals surface area contributed by atoms with Crippen LogP contribution in [0.4, 0.5) is 5.69 Å². The van der Waals surface area contributed by atoms with E-state index in [1.807, 2.05) is 30.3 Å². The van der Waals surface area contributed by atoms with Crippen LogP contribution in [0.15, 0.2) is 48.5 Å². The van der Waals surface area contributed by atoms with Crippen LogP contribution in [0, 0.1) is 17.2 Å². The maximum absolute atomic E-state index is 12.8. The quantitative estimate of drug-likeness (QED) is 0.609. The molecule has 1 amide bonds. The number of rotatable bonds is 5. The molecular formula is C23H21N3O3S. The zero-order chi connectivity index (χ0) is 20.9. The zero-order valence-electron chi connectivity index (χ0n) is 16.3. The number of fused-ring (bicyclic) bond motifs is 1. The number of benzene rings is 2. The fourth-order valence-electron chi connectivity index (χ4n) is 3.86. The number of thiazole rings is 1. The molecule has 2 aromatic carbocycles. The van der Waals surface area contributed by atoms with Crippen molar-refractivity contribution in [1.29, 1.82) is 5.26 Å². The molecule has 1 aliphatic carbocycles. The third kappa shape index (κ3) is 4.50. The van der Waals surface area contributed by atoms with Gasteiger partial charge < -0.3 is 10.1 Å². The number of para-hydroxylation sites is 1. The zero-order valence-corrected chi connectivity index (χ0v) is 17.2. The smallest absolute Gasteiger partial charge is 0.310 e. The number of aromatic nitrogens is 1. The Morgan fingerprint density at radius 3 is 2.83 bits per heavy atom. The summed E-state index contributed by atoms with van der Waals surface area (Å²) in [5, 5.41) is 12.6. The molecule has 0 bridgehead atoms. The maximum atomic E-state index is 12.8. The second kappa shape index (κ2) is 9.06. The highest BCUT2D eigenvalue weighted by atomic mass is 32.1. The van der Waals surface area contributed by atoms with E-state index in [0.717, 1.165) is 40.9 Å². The molecule has 152 valence electrons. The Morgan fingerprint density at radius 2 is 2.00 bits per heavy atom. The van der Waals surface area contributed by atoms with Gasteiger partial charge >= 0.3 is 5.97 Å². The normalized spacial score (nSPS) is 18.5. The molecule has 4 rings (SSSR count). The fraction of sp³-hybridized carbons (Fsp3) is 0.304. The summed E-state index contributed by atoms with van der Waals surface area (Å²) in [6, 6.07) is 16.6. The Labute approximate surface area is 178 Å². The summed E-state index contributed by atoms with van der Waals surface area (Å²) in [4.78, 5) is 29.7. The highest BCUT2D eigenvalue weighted by molar-refractivity contribution is 7.18. The molecule has 0 saturated heterocycles. The van der Waals surface area contributed by atoms with Gasteiger partial charge in [-0.15, -0.1) is 11.3 Å². The van der Waals surface area contributed by atoms with Gasteiger partial charge in [-0.2, -0.15) is 5.26 Å². The Kier molecular flexibility index (Phi) is 6.05. The SMILES string of the molecule is N#Cc1cccc(NC(=O)COC(=O)[C@H]2CCCC[C@@H]2c2nc3ccccc3s2)c1. The third-order valence-corrected chi connectivity index (χ3v) is 6.49. The van der Waals surface area contributed by atoms with Crippen molar-refractivity contribution in [1.82, 2.24) is 4.98 Å². The number of nitrogens with zero attached hydrogens (tertiary/aromatic N) is 2. The molecule has 1 N–H and O–H groups in total. The highest BCUT2D eigenvalue weighted by Gasteiger charge is 2.35. The number of esters is 1. The van der Waals surface area contributed by atoms with Crippen LogP contribution in [-0.4, -0.2) is 23.5 Å². The van der Waals surface area contributed by atoms with Crippen LogP contribution in [-0.2, 0) is 14.3 Å². The van der Waals surface area contributed by atoms with Crippen LogP contribution in [0.3, 0.4) is 0 Å². The van der Waals surface area contributed by atoms with Crippen molar-refractivity contribution in [2.24, 2.45) is 5.92 Å². The van der Waals surface area contributed by atoms with E-state index >= 15 is 0 Å². The third-order valence-electron chi connectivity index (χ3n) is 5.32. The molecule has 30 heavy (non-hydrogen) atoms. The first-order valence-corrected chi connectivity index (χ1v) is 10.8. The van der Waals surface area contributed by atoms with Crippen LogP contribution >= 0.6 is 11.3 Å². The van der Waals surface area contributed by atoms with Crippen molar-refractivity contribution in [2.45, 2.75) is 31.6 Å². The number of amides is 1. The topological polar surface area (TPSA) is 92.1 Å². The molecule has 1 saturated carbocycles. The molecule has 0 aliphatic heterocycles. The van der Waals surface area contributed by atoms with E-state index in [9.17, 15) is 9.59 Å². The van der Waals surface area contributed by atoms with Crippen LogP contribution < -0.4 is 5.32 Å². The maximum Gasteiger partial charge on any atom is 0.310 e. The standard InChI is InChI=1S/C23H21N3O3S/c24-13-15-6-5-7-16(12-15)25-21(27)14-29-23(28)18-9-2-1-8-17(18)22-26-19-10-3-4-11-20(19)30-22/h3-7,10-12,17-18H,1-2,8-9,14H2,(H,25,27)/t17-,18-/m0/s1. The van der Waals surface area contributed by atoms with E-state index in [-0.39, 0.29) is 24.4 Å². The number of nitrogens with one attached hydrogen (secondary N) is 1. The summed E-state index contributed by atoms with van der Waals surface area (Å²) in [6.07, 6.45) is 3.66. The number of hydrogen-bond acceptors (Lipinski definition) is 6. The molecule has 3 aromatic rings. The van der Waals surface area contributed by atoms with Gasteiger partial charge in [0.25, 0.3) is 5.91 Å². The lowest BCUT2D eigenvalue weighted by atomic mass is 9.79. The lowest BCUT2D eigenvalue weighted by molar-refractivity contribution is -0.153. The second-order valence-corrected chi connectivity index (χ2v) is 8.43. The monoisotopic (exact) mass is 419 g/mol. The molecule has 6 nitrogen and oxygen atoms in total. The average Bonchev–Trinajstić information content (AvgIpc) is 3.22. The van der Waals surface area contributed by atoms with E-state index in [1.165, 1.54) is 0 Å². The van der Waals surface area contributed by atoms with Crippen molar-refractivity contribution in [3.05, 3.63) is 59.1 Å². The van der Waals surface area contributed by atoms with Crippen LogP contribution in [0.2, 0.25) is 0 Å². The van der Waals surface area contributed by atoms with Gasteiger partial charge in [0.1, 0.15) is 0 Å². The van der Waals surface area contributed by atoms with Crippen molar-refractivity contribution in [3.8, 4) is 6.07 Å². The van der Waals surface area contributed by atoms with E-state index in [1.54, 1.807) is 35.6 Å². The van der Waals surface area contributed by atoms with Gasteiger partial charge in [-0.3, -0.25) is 9.59 Å². The van der Waals surface area contributed by atoms with Gasteiger partial charge in [-0.25, -0.2) is 4.98 Å². The minimum absolute atomic E-state index is 0.0269.